The molecule has 0 bridgehead atoms. The van der Waals surface area contributed by atoms with Gasteiger partial charge in [-0.25, -0.2) is 0 Å². The molecule has 0 amide bonds. The second-order valence-corrected chi connectivity index (χ2v) is 5.18. The molecule has 0 aliphatic heterocycles. The van der Waals surface area contributed by atoms with Crippen molar-refractivity contribution in [3.05, 3.63) is 22.2 Å². The highest BCUT2D eigenvalue weighted by Crippen LogP contribution is 2.33. The summed E-state index contributed by atoms with van der Waals surface area (Å²) in [6.45, 7) is 7.74. The van der Waals surface area contributed by atoms with E-state index in [4.69, 9.17) is 21.7 Å². The monoisotopic (exact) mass is 373 g/mol. The molecular weight excluding hydrogens is 354 g/mol. The highest BCUT2D eigenvalue weighted by molar-refractivity contribution is 9.10. The number of benzene rings is 1. The zero-order valence-electron chi connectivity index (χ0n) is 12.4. The fraction of sp³-hybridized carbons (Fsp3) is 0.429. The summed E-state index contributed by atoms with van der Waals surface area (Å²) in [6, 6.07) is 3.75. The van der Waals surface area contributed by atoms with Crippen LogP contribution in [0.2, 0.25) is 0 Å². The van der Waals surface area contributed by atoms with E-state index in [1.807, 2.05) is 32.9 Å². The number of ether oxygens (including phenoxy) is 2. The minimum absolute atomic E-state index is 0.487. The first-order chi connectivity index (χ1) is 10.1. The van der Waals surface area contributed by atoms with Gasteiger partial charge in [-0.3, -0.25) is 5.43 Å². The van der Waals surface area contributed by atoms with E-state index in [1.54, 1.807) is 6.21 Å². The molecule has 0 aliphatic rings. The number of nitrogens with zero attached hydrogens (tertiary/aromatic N) is 1. The number of nitrogens with one attached hydrogen (secondary N) is 2. The van der Waals surface area contributed by atoms with Crippen LogP contribution in [0.25, 0.3) is 0 Å². The summed E-state index contributed by atoms with van der Waals surface area (Å²) < 4.78 is 12.0. The molecule has 1 aromatic rings. The number of halogens is 1. The quantitative estimate of drug-likeness (QED) is 0.437. The lowest BCUT2D eigenvalue weighted by Crippen LogP contribution is -2.31. The molecule has 0 aromatic heterocycles. The van der Waals surface area contributed by atoms with Crippen molar-refractivity contribution < 1.29 is 9.47 Å². The lowest BCUT2D eigenvalue weighted by atomic mass is 10.2. The van der Waals surface area contributed by atoms with E-state index in [1.165, 1.54) is 0 Å². The summed E-state index contributed by atoms with van der Waals surface area (Å²) >= 11 is 8.53. The Bertz CT molecular complexity index is 509. The molecule has 0 spiro atoms. The van der Waals surface area contributed by atoms with Gasteiger partial charge in [0, 0.05) is 16.6 Å². The maximum absolute atomic E-state index is 5.59. The van der Waals surface area contributed by atoms with Gasteiger partial charge in [0.25, 0.3) is 0 Å². The predicted molar refractivity (Wildman–Crippen MR) is 93.5 cm³/mol. The lowest BCUT2D eigenvalue weighted by Gasteiger charge is -2.12. The second kappa shape index (κ2) is 9.57. The molecule has 7 heteroatoms. The topological polar surface area (TPSA) is 54.9 Å². The highest BCUT2D eigenvalue weighted by atomic mass is 79.9. The van der Waals surface area contributed by atoms with Gasteiger partial charge in [0.1, 0.15) is 0 Å². The van der Waals surface area contributed by atoms with Crippen molar-refractivity contribution in [2.45, 2.75) is 20.8 Å². The van der Waals surface area contributed by atoms with E-state index >= 15 is 0 Å². The molecule has 1 rings (SSSR count). The van der Waals surface area contributed by atoms with Crippen LogP contribution in [0.1, 0.15) is 26.3 Å². The third-order valence-corrected chi connectivity index (χ3v) is 3.29. The van der Waals surface area contributed by atoms with E-state index in [2.05, 4.69) is 31.8 Å². The first kappa shape index (κ1) is 17.7. The van der Waals surface area contributed by atoms with E-state index < -0.39 is 0 Å². The van der Waals surface area contributed by atoms with E-state index in [-0.39, 0.29) is 0 Å². The zero-order chi connectivity index (χ0) is 15.7. The van der Waals surface area contributed by atoms with Crippen LogP contribution in [0.15, 0.2) is 21.7 Å². The van der Waals surface area contributed by atoms with Crippen molar-refractivity contribution in [3.63, 3.8) is 0 Å². The Morgan fingerprint density at radius 3 is 2.43 bits per heavy atom. The minimum Gasteiger partial charge on any atom is -0.490 e. The van der Waals surface area contributed by atoms with Gasteiger partial charge < -0.3 is 14.8 Å². The Labute approximate surface area is 139 Å². The lowest BCUT2D eigenvalue weighted by molar-refractivity contribution is 0.287. The van der Waals surface area contributed by atoms with Crippen molar-refractivity contribution in [3.8, 4) is 11.5 Å². The fourth-order valence-electron chi connectivity index (χ4n) is 1.55. The third kappa shape index (κ3) is 5.89. The van der Waals surface area contributed by atoms with E-state index in [9.17, 15) is 0 Å². The van der Waals surface area contributed by atoms with Gasteiger partial charge in [0.2, 0.25) is 0 Å². The Morgan fingerprint density at radius 1 is 1.24 bits per heavy atom. The SMILES string of the molecule is CCNC(=S)NN=Cc1cc(OCC)c(OCC)cc1Br. The van der Waals surface area contributed by atoms with E-state index in [0.29, 0.717) is 29.8 Å². The molecule has 5 nitrogen and oxygen atoms in total. The molecule has 0 atom stereocenters. The Hall–Kier alpha value is -1.34. The van der Waals surface area contributed by atoms with Crippen LogP contribution in [-0.4, -0.2) is 31.1 Å². The summed E-state index contributed by atoms with van der Waals surface area (Å²) in [4.78, 5) is 0. The first-order valence-corrected chi connectivity index (χ1v) is 7.98. The number of hydrazone groups is 1. The molecule has 1 aromatic carbocycles. The number of hydrogen-bond donors (Lipinski definition) is 2. The van der Waals surface area contributed by atoms with Gasteiger partial charge in [-0.1, -0.05) is 0 Å². The predicted octanol–water partition coefficient (Wildman–Crippen LogP) is 3.06. The first-order valence-electron chi connectivity index (χ1n) is 6.78. The van der Waals surface area contributed by atoms with E-state index in [0.717, 1.165) is 16.6 Å². The smallest absolute Gasteiger partial charge is 0.186 e. The van der Waals surface area contributed by atoms with Crippen molar-refractivity contribution in [1.82, 2.24) is 10.7 Å². The standard InChI is InChI=1S/C14H20BrN3O2S/c1-4-16-14(21)18-17-9-10-7-12(19-5-2)13(20-6-3)8-11(10)15/h7-9H,4-6H2,1-3H3,(H2,16,18,21). The van der Waals surface area contributed by atoms with Crippen LogP contribution in [0, 0.1) is 0 Å². The Kier molecular flexibility index (Phi) is 8.07. The average molecular weight is 374 g/mol. The highest BCUT2D eigenvalue weighted by Gasteiger charge is 2.09. The summed E-state index contributed by atoms with van der Waals surface area (Å²) in [5.74, 6) is 1.40. The van der Waals surface area contributed by atoms with Crippen molar-refractivity contribution in [2.24, 2.45) is 5.10 Å². The van der Waals surface area contributed by atoms with Gasteiger partial charge in [-0.05, 0) is 61.1 Å². The van der Waals surface area contributed by atoms with Crippen LogP contribution in [0.5, 0.6) is 11.5 Å². The molecule has 0 saturated heterocycles. The minimum atomic E-state index is 0.487. The van der Waals surface area contributed by atoms with Gasteiger partial charge in [0.15, 0.2) is 16.6 Å². The van der Waals surface area contributed by atoms with Crippen molar-refractivity contribution >= 4 is 39.5 Å². The van der Waals surface area contributed by atoms with Crippen molar-refractivity contribution in [2.75, 3.05) is 19.8 Å². The summed E-state index contributed by atoms with van der Waals surface area (Å²) in [5.41, 5.74) is 3.62. The van der Waals surface area contributed by atoms with Gasteiger partial charge >= 0.3 is 0 Å². The van der Waals surface area contributed by atoms with Gasteiger partial charge in [-0.15, -0.1) is 0 Å². The molecule has 21 heavy (non-hydrogen) atoms. The Balaban J connectivity index is 2.89. The maximum atomic E-state index is 5.59. The average Bonchev–Trinajstić information content (AvgIpc) is 2.44. The number of rotatable bonds is 7. The molecule has 0 heterocycles. The van der Waals surface area contributed by atoms with Crippen LogP contribution >= 0.6 is 28.1 Å². The van der Waals surface area contributed by atoms with Gasteiger partial charge in [0.05, 0.1) is 19.4 Å². The van der Waals surface area contributed by atoms with Crippen molar-refractivity contribution in [1.29, 1.82) is 0 Å². The summed E-state index contributed by atoms with van der Waals surface area (Å²) in [6.07, 6.45) is 1.67. The van der Waals surface area contributed by atoms with Crippen LogP contribution < -0.4 is 20.2 Å². The number of thiocarbonyl (C=S) groups is 1. The molecule has 0 saturated carbocycles. The molecule has 0 radical (unpaired) electrons. The van der Waals surface area contributed by atoms with Gasteiger partial charge in [-0.2, -0.15) is 5.10 Å². The molecular formula is C14H20BrN3O2S. The molecule has 116 valence electrons. The van der Waals surface area contributed by atoms with Crippen LogP contribution in [0.3, 0.4) is 0 Å². The summed E-state index contributed by atoms with van der Waals surface area (Å²) in [7, 11) is 0. The molecule has 0 fully saturated rings. The molecule has 2 N–H and O–H groups in total. The largest absolute Gasteiger partial charge is 0.490 e. The fourth-order valence-corrected chi connectivity index (χ4v) is 2.17. The second-order valence-electron chi connectivity index (χ2n) is 3.92. The normalized spacial score (nSPS) is 10.5. The molecule has 0 aliphatic carbocycles. The maximum Gasteiger partial charge on any atom is 0.186 e. The number of hydrogen-bond acceptors (Lipinski definition) is 4. The zero-order valence-corrected chi connectivity index (χ0v) is 14.8. The van der Waals surface area contributed by atoms with Crippen LogP contribution in [0.4, 0.5) is 0 Å². The Morgan fingerprint density at radius 2 is 1.86 bits per heavy atom. The molecule has 0 unspecified atom stereocenters. The van der Waals surface area contributed by atoms with Crippen LogP contribution in [-0.2, 0) is 0 Å². The third-order valence-electron chi connectivity index (χ3n) is 2.37. The summed E-state index contributed by atoms with van der Waals surface area (Å²) in [5, 5.41) is 7.53.